The molecule has 3 amide bonds. The zero-order valence-corrected chi connectivity index (χ0v) is 17.8. The van der Waals surface area contributed by atoms with Crippen LogP contribution < -0.4 is 10.2 Å². The number of carbonyl (C=O) groups excluding carboxylic acids is 4. The Morgan fingerprint density at radius 1 is 0.939 bits per heavy atom. The fourth-order valence-electron chi connectivity index (χ4n) is 3.46. The number of benzene rings is 3. The highest BCUT2D eigenvalue weighted by Gasteiger charge is 2.38. The number of aryl methyl sites for hydroxylation is 1. The molecule has 3 aromatic rings. The van der Waals surface area contributed by atoms with Gasteiger partial charge in [-0.1, -0.05) is 18.2 Å². The second-order valence-electron chi connectivity index (χ2n) is 7.54. The van der Waals surface area contributed by atoms with Crippen LogP contribution in [0.15, 0.2) is 66.7 Å². The van der Waals surface area contributed by atoms with E-state index in [9.17, 15) is 23.6 Å². The average molecular weight is 446 g/mol. The lowest BCUT2D eigenvalue weighted by Crippen LogP contribution is -2.30. The average Bonchev–Trinajstić information content (AvgIpc) is 3.05. The molecule has 0 spiro atoms. The molecule has 0 aromatic heterocycles. The van der Waals surface area contributed by atoms with Crippen LogP contribution in [0.4, 0.5) is 15.8 Å². The third-order valence-electron chi connectivity index (χ3n) is 5.24. The summed E-state index contributed by atoms with van der Waals surface area (Å²) in [5.41, 5.74) is 1.87. The number of hydrogen-bond donors (Lipinski definition) is 1. The second-order valence-corrected chi connectivity index (χ2v) is 7.54. The summed E-state index contributed by atoms with van der Waals surface area (Å²) in [4.78, 5) is 51.7. The van der Waals surface area contributed by atoms with Crippen molar-refractivity contribution in [3.8, 4) is 0 Å². The summed E-state index contributed by atoms with van der Waals surface area (Å²) in [5, 5.41) is 2.52. The van der Waals surface area contributed by atoms with Crippen LogP contribution in [0.5, 0.6) is 0 Å². The Kier molecular flexibility index (Phi) is 5.74. The molecule has 1 aliphatic heterocycles. The third kappa shape index (κ3) is 4.23. The van der Waals surface area contributed by atoms with Gasteiger partial charge in [-0.15, -0.1) is 0 Å². The molecule has 0 aliphatic carbocycles. The lowest BCUT2D eigenvalue weighted by Gasteiger charge is -2.16. The number of rotatable bonds is 5. The number of carbonyl (C=O) groups is 4. The number of anilines is 2. The molecule has 0 bridgehead atoms. The van der Waals surface area contributed by atoms with Crippen molar-refractivity contribution >= 4 is 35.1 Å². The molecular formula is C25H19FN2O5. The van der Waals surface area contributed by atoms with E-state index in [1.165, 1.54) is 49.4 Å². The van der Waals surface area contributed by atoms with Gasteiger partial charge in [0.25, 0.3) is 17.7 Å². The number of halogens is 1. The van der Waals surface area contributed by atoms with Gasteiger partial charge in [0.1, 0.15) is 5.82 Å². The summed E-state index contributed by atoms with van der Waals surface area (Å²) >= 11 is 0. The van der Waals surface area contributed by atoms with Gasteiger partial charge < -0.3 is 10.1 Å². The molecule has 0 fully saturated rings. The van der Waals surface area contributed by atoms with Crippen LogP contribution in [0.25, 0.3) is 0 Å². The van der Waals surface area contributed by atoms with Crippen molar-refractivity contribution < 1.29 is 28.3 Å². The maximum atomic E-state index is 13.0. The number of fused-ring (bicyclic) bond motifs is 1. The second kappa shape index (κ2) is 8.66. The summed E-state index contributed by atoms with van der Waals surface area (Å²) in [7, 11) is 0. The number of imide groups is 1. The van der Waals surface area contributed by atoms with Crippen molar-refractivity contribution in [2.24, 2.45) is 0 Å². The van der Waals surface area contributed by atoms with E-state index in [0.717, 1.165) is 10.5 Å². The molecule has 1 N–H and O–H groups in total. The standard InChI is InChI=1S/C25H19FN2O5/c1-14-5-3-4-6-21(14)28-23(30)19-12-7-16(13-20(19)24(28)31)25(32)33-15(2)22(29)27-18-10-8-17(26)9-11-18/h3-13,15H,1-2H3,(H,27,29). The third-order valence-corrected chi connectivity index (χ3v) is 5.24. The molecule has 1 heterocycles. The predicted octanol–water partition coefficient (Wildman–Crippen LogP) is 4.12. The van der Waals surface area contributed by atoms with Gasteiger partial charge in [-0.25, -0.2) is 14.1 Å². The van der Waals surface area contributed by atoms with E-state index in [1.54, 1.807) is 31.2 Å². The van der Waals surface area contributed by atoms with E-state index in [1.807, 2.05) is 0 Å². The number of amides is 3. The van der Waals surface area contributed by atoms with E-state index in [0.29, 0.717) is 11.4 Å². The van der Waals surface area contributed by atoms with Crippen molar-refractivity contribution in [2.45, 2.75) is 20.0 Å². The van der Waals surface area contributed by atoms with Crippen molar-refractivity contribution in [1.29, 1.82) is 0 Å². The topological polar surface area (TPSA) is 92.8 Å². The predicted molar refractivity (Wildman–Crippen MR) is 119 cm³/mol. The van der Waals surface area contributed by atoms with Crippen molar-refractivity contribution in [2.75, 3.05) is 10.2 Å². The largest absolute Gasteiger partial charge is 0.449 e. The Morgan fingerprint density at radius 2 is 1.61 bits per heavy atom. The van der Waals surface area contributed by atoms with E-state index < -0.39 is 35.6 Å². The minimum atomic E-state index is -1.16. The zero-order chi connectivity index (χ0) is 23.7. The Morgan fingerprint density at radius 3 is 2.30 bits per heavy atom. The van der Waals surface area contributed by atoms with Crippen LogP contribution in [0.2, 0.25) is 0 Å². The Hall–Kier alpha value is -4.33. The lowest BCUT2D eigenvalue weighted by atomic mass is 10.1. The molecule has 7 nitrogen and oxygen atoms in total. The van der Waals surface area contributed by atoms with E-state index >= 15 is 0 Å². The molecule has 1 aliphatic rings. The Balaban J connectivity index is 1.49. The first-order valence-electron chi connectivity index (χ1n) is 10.1. The number of para-hydroxylation sites is 1. The molecule has 33 heavy (non-hydrogen) atoms. The Bertz CT molecular complexity index is 1290. The number of nitrogens with one attached hydrogen (secondary N) is 1. The molecule has 0 saturated carbocycles. The van der Waals surface area contributed by atoms with Crippen LogP contribution in [-0.4, -0.2) is 29.8 Å². The van der Waals surface area contributed by atoms with Gasteiger partial charge in [0.15, 0.2) is 6.10 Å². The SMILES string of the molecule is Cc1ccccc1N1C(=O)c2ccc(C(=O)OC(C)C(=O)Nc3ccc(F)cc3)cc2C1=O. The first kappa shape index (κ1) is 21.9. The minimum Gasteiger partial charge on any atom is -0.449 e. The molecule has 1 unspecified atom stereocenters. The monoisotopic (exact) mass is 446 g/mol. The van der Waals surface area contributed by atoms with Gasteiger partial charge in [0, 0.05) is 5.69 Å². The summed E-state index contributed by atoms with van der Waals surface area (Å²) < 4.78 is 18.2. The maximum Gasteiger partial charge on any atom is 0.338 e. The van der Waals surface area contributed by atoms with Crippen LogP contribution in [-0.2, 0) is 9.53 Å². The Labute approximate surface area is 188 Å². The summed E-state index contributed by atoms with van der Waals surface area (Å²) in [5.74, 6) is -2.89. The summed E-state index contributed by atoms with van der Waals surface area (Å²) in [6.07, 6.45) is -1.16. The van der Waals surface area contributed by atoms with E-state index in [-0.39, 0.29) is 16.7 Å². The highest BCUT2D eigenvalue weighted by atomic mass is 19.1. The molecule has 1 atom stereocenters. The quantitative estimate of drug-likeness (QED) is 0.470. The first-order valence-corrected chi connectivity index (χ1v) is 10.1. The van der Waals surface area contributed by atoms with Crippen LogP contribution in [0.3, 0.4) is 0 Å². The highest BCUT2D eigenvalue weighted by molar-refractivity contribution is 6.35. The fraction of sp³-hybridized carbons (Fsp3) is 0.120. The molecule has 8 heteroatoms. The van der Waals surface area contributed by atoms with Crippen LogP contribution in [0, 0.1) is 12.7 Å². The van der Waals surface area contributed by atoms with Crippen molar-refractivity contribution in [3.05, 3.63) is 94.8 Å². The molecule has 3 aromatic carbocycles. The van der Waals surface area contributed by atoms with Gasteiger partial charge in [-0.3, -0.25) is 14.4 Å². The van der Waals surface area contributed by atoms with Crippen LogP contribution >= 0.6 is 0 Å². The van der Waals surface area contributed by atoms with Crippen LogP contribution in [0.1, 0.15) is 43.6 Å². The van der Waals surface area contributed by atoms with Gasteiger partial charge in [0.05, 0.1) is 22.4 Å². The minimum absolute atomic E-state index is 0.0305. The van der Waals surface area contributed by atoms with E-state index in [4.69, 9.17) is 4.74 Å². The maximum absolute atomic E-state index is 13.0. The normalized spacial score (nSPS) is 13.5. The zero-order valence-electron chi connectivity index (χ0n) is 17.8. The molecule has 166 valence electrons. The molecular weight excluding hydrogens is 427 g/mol. The van der Waals surface area contributed by atoms with E-state index in [2.05, 4.69) is 5.32 Å². The molecule has 0 radical (unpaired) electrons. The number of ether oxygens (including phenoxy) is 1. The highest BCUT2D eigenvalue weighted by Crippen LogP contribution is 2.31. The van der Waals surface area contributed by atoms with Crippen molar-refractivity contribution in [3.63, 3.8) is 0 Å². The van der Waals surface area contributed by atoms with Crippen molar-refractivity contribution in [1.82, 2.24) is 0 Å². The summed E-state index contributed by atoms with van der Waals surface area (Å²) in [6.45, 7) is 3.18. The first-order chi connectivity index (χ1) is 15.8. The van der Waals surface area contributed by atoms with Gasteiger partial charge in [-0.05, 0) is 67.9 Å². The number of esters is 1. The molecule has 0 saturated heterocycles. The summed E-state index contributed by atoms with van der Waals surface area (Å²) in [6, 6.07) is 16.2. The molecule has 4 rings (SSSR count). The van der Waals surface area contributed by atoms with Gasteiger partial charge >= 0.3 is 5.97 Å². The number of hydrogen-bond acceptors (Lipinski definition) is 5. The smallest absolute Gasteiger partial charge is 0.338 e. The lowest BCUT2D eigenvalue weighted by molar-refractivity contribution is -0.123. The van der Waals surface area contributed by atoms with Gasteiger partial charge in [0.2, 0.25) is 0 Å². The fourth-order valence-corrected chi connectivity index (χ4v) is 3.46. The van der Waals surface area contributed by atoms with Gasteiger partial charge in [-0.2, -0.15) is 0 Å². The number of nitrogens with zero attached hydrogens (tertiary/aromatic N) is 1.